The first kappa shape index (κ1) is 19.4. The van der Waals surface area contributed by atoms with Crippen LogP contribution in [0.1, 0.15) is 34.3 Å². The standard InChI is InChI=1S/C19H22N2O5S/c1-11-8-21(9-16(25-11)19(23)24)18(22)14-6-4-5-7-17(14)27-10-15-12(2)20-26-13(15)3/h4-7,11,16H,8-10H2,1-3H3,(H,23,24)/t11-,16?/m1/s1. The lowest BCUT2D eigenvalue weighted by atomic mass is 10.1. The van der Waals surface area contributed by atoms with Crippen LogP contribution in [0.5, 0.6) is 0 Å². The first-order valence-corrected chi connectivity index (χ1v) is 9.66. The van der Waals surface area contributed by atoms with Crippen molar-refractivity contribution in [1.82, 2.24) is 10.1 Å². The van der Waals surface area contributed by atoms with E-state index in [1.807, 2.05) is 32.0 Å². The average molecular weight is 390 g/mol. The summed E-state index contributed by atoms with van der Waals surface area (Å²) >= 11 is 1.54. The van der Waals surface area contributed by atoms with Gasteiger partial charge in [-0.1, -0.05) is 17.3 Å². The maximum absolute atomic E-state index is 13.1. The Kier molecular flexibility index (Phi) is 5.86. The van der Waals surface area contributed by atoms with Crippen molar-refractivity contribution in [2.24, 2.45) is 0 Å². The molecule has 0 spiro atoms. The Hall–Kier alpha value is -2.32. The van der Waals surface area contributed by atoms with Gasteiger partial charge in [-0.2, -0.15) is 0 Å². The van der Waals surface area contributed by atoms with Gasteiger partial charge in [0, 0.05) is 22.8 Å². The van der Waals surface area contributed by atoms with E-state index in [2.05, 4.69) is 5.16 Å². The van der Waals surface area contributed by atoms with Crippen LogP contribution in [0.4, 0.5) is 0 Å². The minimum Gasteiger partial charge on any atom is -0.479 e. The minimum absolute atomic E-state index is 0.0430. The molecule has 1 amide bonds. The molecule has 7 nitrogen and oxygen atoms in total. The van der Waals surface area contributed by atoms with Gasteiger partial charge in [0.05, 0.1) is 23.9 Å². The maximum Gasteiger partial charge on any atom is 0.334 e. The zero-order valence-electron chi connectivity index (χ0n) is 15.5. The van der Waals surface area contributed by atoms with Gasteiger partial charge in [-0.05, 0) is 32.9 Å². The first-order valence-electron chi connectivity index (χ1n) is 8.68. The Morgan fingerprint density at radius 3 is 2.70 bits per heavy atom. The summed E-state index contributed by atoms with van der Waals surface area (Å²) in [6, 6.07) is 7.36. The number of carboxylic acids is 1. The number of hydrogen-bond donors (Lipinski definition) is 1. The fourth-order valence-electron chi connectivity index (χ4n) is 3.05. The number of aryl methyl sites for hydroxylation is 2. The second-order valence-electron chi connectivity index (χ2n) is 6.57. The molecule has 2 heterocycles. The molecule has 27 heavy (non-hydrogen) atoms. The summed E-state index contributed by atoms with van der Waals surface area (Å²) < 4.78 is 10.6. The number of amides is 1. The molecule has 0 aliphatic carbocycles. The van der Waals surface area contributed by atoms with Crippen molar-refractivity contribution in [3.8, 4) is 0 Å². The van der Waals surface area contributed by atoms with Crippen LogP contribution >= 0.6 is 11.8 Å². The minimum atomic E-state index is -1.06. The molecule has 0 bridgehead atoms. The molecule has 1 N–H and O–H groups in total. The van der Waals surface area contributed by atoms with Crippen LogP contribution < -0.4 is 0 Å². The molecule has 0 saturated carbocycles. The highest BCUT2D eigenvalue weighted by Crippen LogP contribution is 2.30. The molecule has 1 unspecified atom stereocenters. The summed E-state index contributed by atoms with van der Waals surface area (Å²) in [5, 5.41) is 13.2. The summed E-state index contributed by atoms with van der Waals surface area (Å²) in [4.78, 5) is 26.7. The summed E-state index contributed by atoms with van der Waals surface area (Å²) in [6.07, 6.45) is -1.33. The van der Waals surface area contributed by atoms with Crippen molar-refractivity contribution in [1.29, 1.82) is 0 Å². The van der Waals surface area contributed by atoms with Gasteiger partial charge in [-0.3, -0.25) is 4.79 Å². The lowest BCUT2D eigenvalue weighted by molar-refractivity contribution is -0.160. The van der Waals surface area contributed by atoms with Crippen molar-refractivity contribution in [3.63, 3.8) is 0 Å². The normalized spacial score (nSPS) is 19.9. The highest BCUT2D eigenvalue weighted by molar-refractivity contribution is 7.98. The van der Waals surface area contributed by atoms with Crippen molar-refractivity contribution in [2.45, 2.75) is 43.6 Å². The Balaban J connectivity index is 1.78. The predicted molar refractivity (Wildman–Crippen MR) is 99.9 cm³/mol. The van der Waals surface area contributed by atoms with Crippen LogP contribution in [0.15, 0.2) is 33.7 Å². The number of nitrogens with zero attached hydrogens (tertiary/aromatic N) is 2. The quantitative estimate of drug-likeness (QED) is 0.785. The molecule has 3 rings (SSSR count). The Bertz CT molecular complexity index is 831. The van der Waals surface area contributed by atoms with Crippen molar-refractivity contribution < 1.29 is 24.0 Å². The van der Waals surface area contributed by atoms with E-state index in [1.165, 1.54) is 11.8 Å². The number of morpholine rings is 1. The highest BCUT2D eigenvalue weighted by Gasteiger charge is 2.33. The Labute approximate surface area is 161 Å². The third kappa shape index (κ3) is 4.33. The van der Waals surface area contributed by atoms with Gasteiger partial charge in [0.25, 0.3) is 5.91 Å². The molecule has 2 atom stereocenters. The fraction of sp³-hybridized carbons (Fsp3) is 0.421. The number of aromatic nitrogens is 1. The van der Waals surface area contributed by atoms with Crippen LogP contribution in [0, 0.1) is 13.8 Å². The van der Waals surface area contributed by atoms with Gasteiger partial charge >= 0.3 is 5.97 Å². The second-order valence-corrected chi connectivity index (χ2v) is 7.59. The fourth-order valence-corrected chi connectivity index (χ4v) is 4.25. The SMILES string of the molecule is Cc1noc(C)c1CSc1ccccc1C(=O)N1CC(C(=O)O)O[C@H](C)C1. The number of carboxylic acid groups (broad SMARTS) is 1. The number of thioether (sulfide) groups is 1. The van der Waals surface area contributed by atoms with E-state index < -0.39 is 12.1 Å². The molecule has 0 radical (unpaired) electrons. The summed E-state index contributed by atoms with van der Waals surface area (Å²) in [7, 11) is 0. The smallest absolute Gasteiger partial charge is 0.334 e. The molecule has 1 aromatic carbocycles. The molecule has 1 aliphatic heterocycles. The predicted octanol–water partition coefficient (Wildman–Crippen LogP) is 2.90. The van der Waals surface area contributed by atoms with E-state index in [1.54, 1.807) is 17.9 Å². The zero-order valence-corrected chi connectivity index (χ0v) is 16.3. The third-order valence-electron chi connectivity index (χ3n) is 4.49. The van der Waals surface area contributed by atoms with Crippen molar-refractivity contribution in [3.05, 3.63) is 46.8 Å². The first-order chi connectivity index (χ1) is 12.9. The largest absolute Gasteiger partial charge is 0.479 e. The molecule has 2 aromatic rings. The summed E-state index contributed by atoms with van der Waals surface area (Å²) in [5.74, 6) is 0.178. The molecule has 144 valence electrons. The van der Waals surface area contributed by atoms with Gasteiger partial charge < -0.3 is 19.3 Å². The topological polar surface area (TPSA) is 92.9 Å². The molecule has 1 saturated heterocycles. The van der Waals surface area contributed by atoms with Crippen LogP contribution in [-0.2, 0) is 15.3 Å². The lowest BCUT2D eigenvalue weighted by Crippen LogP contribution is -2.51. The van der Waals surface area contributed by atoms with Crippen LogP contribution in [0.25, 0.3) is 0 Å². The summed E-state index contributed by atoms with van der Waals surface area (Å²) in [5.41, 5.74) is 2.43. The van der Waals surface area contributed by atoms with Crippen LogP contribution in [0.3, 0.4) is 0 Å². The Morgan fingerprint density at radius 2 is 2.04 bits per heavy atom. The molecular formula is C19H22N2O5S. The number of carbonyl (C=O) groups is 2. The van der Waals surface area contributed by atoms with Gasteiger partial charge in [0.15, 0.2) is 6.10 Å². The van der Waals surface area contributed by atoms with Crippen molar-refractivity contribution >= 4 is 23.6 Å². The Morgan fingerprint density at radius 1 is 1.30 bits per heavy atom. The van der Waals surface area contributed by atoms with Crippen LogP contribution in [0.2, 0.25) is 0 Å². The van der Waals surface area contributed by atoms with Gasteiger partial charge in [-0.25, -0.2) is 4.79 Å². The van der Waals surface area contributed by atoms with E-state index in [0.29, 0.717) is 17.9 Å². The van der Waals surface area contributed by atoms with E-state index in [4.69, 9.17) is 9.26 Å². The van der Waals surface area contributed by atoms with E-state index >= 15 is 0 Å². The van der Waals surface area contributed by atoms with Gasteiger partial charge in [0.2, 0.25) is 0 Å². The number of hydrogen-bond acceptors (Lipinski definition) is 6. The maximum atomic E-state index is 13.1. The van der Waals surface area contributed by atoms with Gasteiger partial charge in [-0.15, -0.1) is 11.8 Å². The number of aliphatic carboxylic acids is 1. The monoisotopic (exact) mass is 390 g/mol. The molecule has 1 aliphatic rings. The molecule has 1 fully saturated rings. The number of benzene rings is 1. The van der Waals surface area contributed by atoms with E-state index in [-0.39, 0.29) is 18.6 Å². The number of carbonyl (C=O) groups excluding carboxylic acids is 1. The molecule has 1 aromatic heterocycles. The number of ether oxygens (including phenoxy) is 1. The van der Waals surface area contributed by atoms with Crippen LogP contribution in [-0.4, -0.2) is 52.3 Å². The van der Waals surface area contributed by atoms with E-state index in [9.17, 15) is 14.7 Å². The summed E-state index contributed by atoms with van der Waals surface area (Å²) in [6.45, 7) is 5.94. The molecule has 8 heteroatoms. The highest BCUT2D eigenvalue weighted by atomic mass is 32.2. The van der Waals surface area contributed by atoms with Gasteiger partial charge in [0.1, 0.15) is 5.76 Å². The zero-order chi connectivity index (χ0) is 19.6. The van der Waals surface area contributed by atoms with Crippen molar-refractivity contribution in [2.75, 3.05) is 13.1 Å². The third-order valence-corrected chi connectivity index (χ3v) is 5.59. The van der Waals surface area contributed by atoms with E-state index in [0.717, 1.165) is 21.9 Å². The molecular weight excluding hydrogens is 368 g/mol. The lowest BCUT2D eigenvalue weighted by Gasteiger charge is -2.35. The average Bonchev–Trinajstić information content (AvgIpc) is 2.97. The second kappa shape index (κ2) is 8.14. The number of rotatable bonds is 5.